The number of aryl methyl sites for hydroxylation is 1. The standard InChI is InChI=1S/C24H25N5O2/c1-17(29-16-26-21-5-3-4-6-22(21)29)24(30)28-13-11-27(12-14-28)20-9-7-19(8-10-20)23-15-25-18(2)31-23/h3-10,15-17H,11-14H2,1-2H3. The third-order valence-electron chi connectivity index (χ3n) is 5.99. The highest BCUT2D eigenvalue weighted by Gasteiger charge is 2.26. The fraction of sp³-hybridized carbons (Fsp3) is 0.292. The van der Waals surface area contributed by atoms with Gasteiger partial charge in [0.1, 0.15) is 6.04 Å². The van der Waals surface area contributed by atoms with Crippen LogP contribution in [0.1, 0.15) is 18.9 Å². The van der Waals surface area contributed by atoms with E-state index in [0.29, 0.717) is 19.0 Å². The van der Waals surface area contributed by atoms with Crippen LogP contribution >= 0.6 is 0 Å². The number of oxazole rings is 1. The Balaban J connectivity index is 1.23. The summed E-state index contributed by atoms with van der Waals surface area (Å²) >= 11 is 0. The number of benzene rings is 2. The summed E-state index contributed by atoms with van der Waals surface area (Å²) in [4.78, 5) is 26.0. The Morgan fingerprint density at radius 3 is 2.45 bits per heavy atom. The molecule has 0 radical (unpaired) electrons. The lowest BCUT2D eigenvalue weighted by Crippen LogP contribution is -2.50. The molecule has 158 valence electrons. The minimum absolute atomic E-state index is 0.138. The maximum Gasteiger partial charge on any atom is 0.245 e. The van der Waals surface area contributed by atoms with E-state index in [1.165, 1.54) is 0 Å². The lowest BCUT2D eigenvalue weighted by Gasteiger charge is -2.37. The van der Waals surface area contributed by atoms with Gasteiger partial charge in [0.15, 0.2) is 11.7 Å². The second kappa shape index (κ2) is 7.91. The molecule has 0 N–H and O–H groups in total. The van der Waals surface area contributed by atoms with Crippen LogP contribution in [-0.2, 0) is 4.79 Å². The third-order valence-corrected chi connectivity index (χ3v) is 5.99. The van der Waals surface area contributed by atoms with Gasteiger partial charge in [0.05, 0.1) is 23.6 Å². The molecule has 5 rings (SSSR count). The summed E-state index contributed by atoms with van der Waals surface area (Å²) < 4.78 is 7.57. The summed E-state index contributed by atoms with van der Waals surface area (Å²) in [5, 5.41) is 0. The Labute approximate surface area is 180 Å². The molecule has 3 heterocycles. The minimum atomic E-state index is -0.274. The van der Waals surface area contributed by atoms with Crippen molar-refractivity contribution in [1.82, 2.24) is 19.4 Å². The molecule has 7 heteroatoms. The number of para-hydroxylation sites is 2. The highest BCUT2D eigenvalue weighted by molar-refractivity contribution is 5.84. The van der Waals surface area contributed by atoms with Gasteiger partial charge in [-0.3, -0.25) is 4.79 Å². The average Bonchev–Trinajstić information content (AvgIpc) is 3.45. The molecule has 0 spiro atoms. The number of fused-ring (bicyclic) bond motifs is 1. The van der Waals surface area contributed by atoms with Gasteiger partial charge in [0, 0.05) is 44.4 Å². The molecule has 31 heavy (non-hydrogen) atoms. The van der Waals surface area contributed by atoms with E-state index in [0.717, 1.165) is 41.1 Å². The Hall–Kier alpha value is -3.61. The van der Waals surface area contributed by atoms with Crippen molar-refractivity contribution in [2.75, 3.05) is 31.1 Å². The van der Waals surface area contributed by atoms with Crippen LogP contribution in [0.2, 0.25) is 0 Å². The maximum absolute atomic E-state index is 13.1. The van der Waals surface area contributed by atoms with E-state index in [1.54, 1.807) is 12.5 Å². The zero-order chi connectivity index (χ0) is 21.4. The van der Waals surface area contributed by atoms with E-state index in [1.807, 2.05) is 47.6 Å². The second-order valence-electron chi connectivity index (χ2n) is 7.92. The first-order valence-electron chi connectivity index (χ1n) is 10.6. The molecule has 1 saturated heterocycles. The van der Waals surface area contributed by atoms with Crippen molar-refractivity contribution in [2.45, 2.75) is 19.9 Å². The summed E-state index contributed by atoms with van der Waals surface area (Å²) in [5.74, 6) is 1.58. The van der Waals surface area contributed by atoms with Crippen LogP contribution in [0.3, 0.4) is 0 Å². The van der Waals surface area contributed by atoms with E-state index in [4.69, 9.17) is 4.42 Å². The number of carbonyl (C=O) groups is 1. The molecule has 7 nitrogen and oxygen atoms in total. The van der Waals surface area contributed by atoms with Crippen molar-refractivity contribution in [3.8, 4) is 11.3 Å². The minimum Gasteiger partial charge on any atom is -0.441 e. The van der Waals surface area contributed by atoms with Crippen molar-refractivity contribution in [3.63, 3.8) is 0 Å². The molecule has 0 saturated carbocycles. The van der Waals surface area contributed by atoms with E-state index in [9.17, 15) is 4.79 Å². The van der Waals surface area contributed by atoms with Gasteiger partial charge in [-0.25, -0.2) is 9.97 Å². The average molecular weight is 415 g/mol. The number of nitrogens with zero attached hydrogens (tertiary/aromatic N) is 5. The lowest BCUT2D eigenvalue weighted by atomic mass is 10.1. The van der Waals surface area contributed by atoms with Gasteiger partial charge in [-0.1, -0.05) is 12.1 Å². The largest absolute Gasteiger partial charge is 0.441 e. The quantitative estimate of drug-likeness (QED) is 0.506. The van der Waals surface area contributed by atoms with Gasteiger partial charge in [-0.2, -0.15) is 0 Å². The Morgan fingerprint density at radius 2 is 1.74 bits per heavy atom. The predicted molar refractivity (Wildman–Crippen MR) is 120 cm³/mol. The van der Waals surface area contributed by atoms with Crippen LogP contribution in [0, 0.1) is 6.92 Å². The van der Waals surface area contributed by atoms with E-state index < -0.39 is 0 Å². The van der Waals surface area contributed by atoms with Gasteiger partial charge in [-0.05, 0) is 43.3 Å². The zero-order valence-corrected chi connectivity index (χ0v) is 17.7. The number of hydrogen-bond acceptors (Lipinski definition) is 5. The van der Waals surface area contributed by atoms with Crippen LogP contribution in [0.15, 0.2) is 65.5 Å². The second-order valence-corrected chi connectivity index (χ2v) is 7.92. The molecule has 1 aliphatic rings. The molecular formula is C24H25N5O2. The summed E-state index contributed by atoms with van der Waals surface area (Å²) in [6, 6.07) is 16.0. The molecular weight excluding hydrogens is 390 g/mol. The van der Waals surface area contributed by atoms with Gasteiger partial charge in [-0.15, -0.1) is 0 Å². The van der Waals surface area contributed by atoms with Gasteiger partial charge in [0.25, 0.3) is 0 Å². The van der Waals surface area contributed by atoms with Gasteiger partial charge in [0.2, 0.25) is 5.91 Å². The Bertz CT molecular complexity index is 1200. The fourth-order valence-corrected chi connectivity index (χ4v) is 4.19. The summed E-state index contributed by atoms with van der Waals surface area (Å²) in [5.41, 5.74) is 4.07. The number of piperazine rings is 1. The number of aromatic nitrogens is 3. The predicted octanol–water partition coefficient (Wildman–Crippen LogP) is 3.91. The number of hydrogen-bond donors (Lipinski definition) is 0. The summed E-state index contributed by atoms with van der Waals surface area (Å²) in [6.07, 6.45) is 3.51. The molecule has 4 aromatic rings. The summed E-state index contributed by atoms with van der Waals surface area (Å²) in [6.45, 7) is 6.83. The first-order chi connectivity index (χ1) is 15.1. The molecule has 1 unspecified atom stereocenters. The van der Waals surface area contributed by atoms with Crippen LogP contribution in [0.25, 0.3) is 22.4 Å². The molecule has 0 bridgehead atoms. The van der Waals surface area contributed by atoms with Crippen molar-refractivity contribution in [3.05, 3.63) is 66.9 Å². The van der Waals surface area contributed by atoms with Crippen molar-refractivity contribution >= 4 is 22.6 Å². The Kier molecular flexibility index (Phi) is 4.94. The highest BCUT2D eigenvalue weighted by atomic mass is 16.4. The molecule has 1 aliphatic heterocycles. The van der Waals surface area contributed by atoms with Gasteiger partial charge < -0.3 is 18.8 Å². The molecule has 0 aliphatic carbocycles. The smallest absolute Gasteiger partial charge is 0.245 e. The van der Waals surface area contributed by atoms with Crippen LogP contribution < -0.4 is 4.90 Å². The van der Waals surface area contributed by atoms with E-state index >= 15 is 0 Å². The molecule has 2 aromatic heterocycles. The normalized spacial score (nSPS) is 15.4. The Morgan fingerprint density at radius 1 is 1.00 bits per heavy atom. The van der Waals surface area contributed by atoms with Crippen molar-refractivity contribution in [1.29, 1.82) is 0 Å². The molecule has 1 fully saturated rings. The lowest BCUT2D eigenvalue weighted by molar-refractivity contribution is -0.134. The van der Waals surface area contributed by atoms with E-state index in [2.05, 4.69) is 39.1 Å². The van der Waals surface area contributed by atoms with Crippen molar-refractivity contribution < 1.29 is 9.21 Å². The number of imidazole rings is 1. The van der Waals surface area contributed by atoms with Crippen LogP contribution in [0.4, 0.5) is 5.69 Å². The molecule has 2 aromatic carbocycles. The van der Waals surface area contributed by atoms with Crippen LogP contribution in [-0.4, -0.2) is 51.5 Å². The first-order valence-corrected chi connectivity index (χ1v) is 10.6. The topological polar surface area (TPSA) is 67.4 Å². The van der Waals surface area contributed by atoms with Crippen LogP contribution in [0.5, 0.6) is 0 Å². The van der Waals surface area contributed by atoms with Crippen molar-refractivity contribution in [2.24, 2.45) is 0 Å². The van der Waals surface area contributed by atoms with E-state index in [-0.39, 0.29) is 11.9 Å². The zero-order valence-electron chi connectivity index (χ0n) is 17.7. The molecule has 1 amide bonds. The maximum atomic E-state index is 13.1. The number of rotatable bonds is 4. The van der Waals surface area contributed by atoms with Gasteiger partial charge >= 0.3 is 0 Å². The molecule has 1 atom stereocenters. The third kappa shape index (κ3) is 3.67. The monoisotopic (exact) mass is 415 g/mol. The fourth-order valence-electron chi connectivity index (χ4n) is 4.19. The summed E-state index contributed by atoms with van der Waals surface area (Å²) in [7, 11) is 0. The first kappa shape index (κ1) is 19.4. The number of anilines is 1. The highest BCUT2D eigenvalue weighted by Crippen LogP contribution is 2.25. The number of amides is 1. The SMILES string of the molecule is Cc1ncc(-c2ccc(N3CCN(C(=O)C(C)n4cnc5ccccc54)CC3)cc2)o1. The number of carbonyl (C=O) groups excluding carboxylic acids is 1.